The number of nitrogens with one attached hydrogen (secondary N) is 4. The third kappa shape index (κ3) is 7.99. The molecule has 3 amide bonds. The number of nitrogens with two attached hydrogens (primary N) is 1. The minimum Gasteiger partial charge on any atom is -0.508 e. The average Bonchev–Trinajstić information content (AvgIpc) is 3.33. The highest BCUT2D eigenvalue weighted by molar-refractivity contribution is 7.80. The molecule has 11 nitrogen and oxygen atoms in total. The summed E-state index contributed by atoms with van der Waals surface area (Å²) in [4.78, 5) is 54.1. The van der Waals surface area contributed by atoms with Crippen LogP contribution < -0.4 is 21.7 Å². The van der Waals surface area contributed by atoms with Crippen LogP contribution in [0.1, 0.15) is 25.0 Å². The van der Waals surface area contributed by atoms with Gasteiger partial charge in [0.15, 0.2) is 0 Å². The van der Waals surface area contributed by atoms with Gasteiger partial charge in [0.05, 0.1) is 6.04 Å². The number of phenolic OH excluding ortho intramolecular Hbond substituents is 1. The molecule has 0 spiro atoms. The second-order valence-electron chi connectivity index (χ2n) is 9.91. The van der Waals surface area contributed by atoms with Gasteiger partial charge in [0.2, 0.25) is 17.7 Å². The molecule has 3 rings (SSSR count). The summed E-state index contributed by atoms with van der Waals surface area (Å²) in [6.07, 6.45) is 2.03. The van der Waals surface area contributed by atoms with Gasteiger partial charge in [0.25, 0.3) is 0 Å². The normalized spacial score (nSPS) is 14.2. The Morgan fingerprint density at radius 3 is 2.17 bits per heavy atom. The van der Waals surface area contributed by atoms with E-state index in [2.05, 4.69) is 33.6 Å². The minimum atomic E-state index is -1.25. The molecule has 0 saturated heterocycles. The van der Waals surface area contributed by atoms with Crippen LogP contribution in [0.15, 0.2) is 54.7 Å². The molecule has 0 bridgehead atoms. The van der Waals surface area contributed by atoms with Crippen LogP contribution in [0.4, 0.5) is 0 Å². The molecule has 2 aromatic carbocycles. The SMILES string of the molecule is CC(C)C(NC(=O)C(Cc1c[nH]c2ccccc12)NC(=O)C(N)Cc1ccc(O)cc1)C(=O)NC(CS)C(=O)O. The number of benzene rings is 2. The van der Waals surface area contributed by atoms with E-state index in [1.807, 2.05) is 24.3 Å². The number of hydrogen-bond acceptors (Lipinski definition) is 7. The van der Waals surface area contributed by atoms with Crippen LogP contribution in [0.3, 0.4) is 0 Å². The summed E-state index contributed by atoms with van der Waals surface area (Å²) in [5, 5.41) is 27.5. The van der Waals surface area contributed by atoms with Crippen molar-refractivity contribution in [1.82, 2.24) is 20.9 Å². The van der Waals surface area contributed by atoms with E-state index in [4.69, 9.17) is 5.73 Å². The lowest BCUT2D eigenvalue weighted by atomic mass is 9.99. The standard InChI is InChI=1S/C28H35N5O6S/c1-15(2)24(27(37)32-23(14-40)28(38)39)33-26(36)22(12-17-13-30-21-6-4-3-5-19(17)21)31-25(35)20(29)11-16-7-9-18(34)10-8-16/h3-10,13,15,20,22-24,30,34,40H,11-12,14,29H2,1-2H3,(H,31,35)(H,32,37)(H,33,36)(H,38,39). The molecule has 0 radical (unpaired) electrons. The van der Waals surface area contributed by atoms with Crippen LogP contribution in [-0.2, 0) is 32.0 Å². The Balaban J connectivity index is 1.81. The summed E-state index contributed by atoms with van der Waals surface area (Å²) in [6, 6.07) is 9.43. The number of para-hydroxylation sites is 1. The lowest BCUT2D eigenvalue weighted by molar-refractivity contribution is -0.142. The molecule has 12 heteroatoms. The highest BCUT2D eigenvalue weighted by atomic mass is 32.1. The summed E-state index contributed by atoms with van der Waals surface area (Å²) in [5.41, 5.74) is 8.52. The zero-order chi connectivity index (χ0) is 29.4. The van der Waals surface area contributed by atoms with Gasteiger partial charge in [-0.15, -0.1) is 0 Å². The van der Waals surface area contributed by atoms with Gasteiger partial charge in [-0.25, -0.2) is 4.79 Å². The molecule has 1 heterocycles. The van der Waals surface area contributed by atoms with Crippen LogP contribution in [0.25, 0.3) is 10.9 Å². The number of aromatic nitrogens is 1. The Morgan fingerprint density at radius 2 is 1.55 bits per heavy atom. The molecule has 0 aliphatic carbocycles. The molecule has 0 aliphatic rings. The minimum absolute atomic E-state index is 0.0880. The second kappa shape index (κ2) is 13.9. The number of phenols is 1. The number of H-pyrrole nitrogens is 1. The topological polar surface area (TPSA) is 187 Å². The molecular formula is C28H35N5O6S. The fourth-order valence-corrected chi connectivity index (χ4v) is 4.47. The number of amides is 3. The van der Waals surface area contributed by atoms with Crippen LogP contribution >= 0.6 is 12.6 Å². The highest BCUT2D eigenvalue weighted by Crippen LogP contribution is 2.20. The van der Waals surface area contributed by atoms with E-state index in [1.165, 1.54) is 12.1 Å². The number of carbonyl (C=O) groups is 4. The first kappa shape index (κ1) is 30.5. The number of thiol groups is 1. The van der Waals surface area contributed by atoms with Crippen molar-refractivity contribution < 1.29 is 29.4 Å². The monoisotopic (exact) mass is 569 g/mol. The van der Waals surface area contributed by atoms with Crippen molar-refractivity contribution in [1.29, 1.82) is 0 Å². The first-order valence-corrected chi connectivity index (χ1v) is 13.5. The fraction of sp³-hybridized carbons (Fsp3) is 0.357. The van der Waals surface area contributed by atoms with Gasteiger partial charge in [-0.3, -0.25) is 14.4 Å². The molecule has 4 unspecified atom stereocenters. The first-order valence-electron chi connectivity index (χ1n) is 12.8. The van der Waals surface area contributed by atoms with E-state index in [1.54, 1.807) is 32.2 Å². The highest BCUT2D eigenvalue weighted by Gasteiger charge is 2.32. The molecule has 0 aliphatic heterocycles. The second-order valence-corrected chi connectivity index (χ2v) is 10.3. The zero-order valence-electron chi connectivity index (χ0n) is 22.3. The summed E-state index contributed by atoms with van der Waals surface area (Å²) in [6.45, 7) is 3.42. The molecule has 40 heavy (non-hydrogen) atoms. The zero-order valence-corrected chi connectivity index (χ0v) is 23.2. The maximum Gasteiger partial charge on any atom is 0.327 e. The van der Waals surface area contributed by atoms with Crippen molar-refractivity contribution in [3.05, 3.63) is 65.9 Å². The Labute approximate surface area is 237 Å². The van der Waals surface area contributed by atoms with Gasteiger partial charge in [-0.05, 0) is 41.7 Å². The average molecular weight is 570 g/mol. The number of aromatic hydroxyl groups is 1. The van der Waals surface area contributed by atoms with Crippen LogP contribution in [0, 0.1) is 5.92 Å². The van der Waals surface area contributed by atoms with E-state index in [-0.39, 0.29) is 30.3 Å². The smallest absolute Gasteiger partial charge is 0.327 e. The Morgan fingerprint density at radius 1 is 0.900 bits per heavy atom. The number of fused-ring (bicyclic) bond motifs is 1. The van der Waals surface area contributed by atoms with E-state index in [0.29, 0.717) is 0 Å². The number of aromatic amines is 1. The van der Waals surface area contributed by atoms with Crippen LogP contribution in [0.5, 0.6) is 5.75 Å². The third-order valence-corrected chi connectivity index (χ3v) is 6.87. The first-order chi connectivity index (χ1) is 19.0. The molecule has 0 fully saturated rings. The molecule has 3 aromatic rings. The van der Waals surface area contributed by atoms with Crippen molar-refractivity contribution in [3.8, 4) is 5.75 Å². The third-order valence-electron chi connectivity index (χ3n) is 6.50. The van der Waals surface area contributed by atoms with Crippen LogP contribution in [0.2, 0.25) is 0 Å². The lowest BCUT2D eigenvalue weighted by Crippen LogP contribution is -2.59. The summed E-state index contributed by atoms with van der Waals surface area (Å²) < 4.78 is 0. The largest absolute Gasteiger partial charge is 0.508 e. The van der Waals surface area contributed by atoms with Crippen molar-refractivity contribution >= 4 is 47.2 Å². The van der Waals surface area contributed by atoms with Gasteiger partial charge in [-0.2, -0.15) is 12.6 Å². The van der Waals surface area contributed by atoms with Crippen molar-refractivity contribution in [2.24, 2.45) is 11.7 Å². The summed E-state index contributed by atoms with van der Waals surface area (Å²) in [5.74, 6) is -3.54. The lowest BCUT2D eigenvalue weighted by Gasteiger charge is -2.27. The maximum atomic E-state index is 13.6. The van der Waals surface area contributed by atoms with Crippen molar-refractivity contribution in [2.45, 2.75) is 50.9 Å². The quantitative estimate of drug-likeness (QED) is 0.142. The number of hydrogen-bond donors (Lipinski definition) is 8. The molecule has 8 N–H and O–H groups in total. The molecular weight excluding hydrogens is 534 g/mol. The van der Waals surface area contributed by atoms with Crippen LogP contribution in [-0.4, -0.2) is 68.8 Å². The Hall–Kier alpha value is -4.03. The predicted molar refractivity (Wildman–Crippen MR) is 154 cm³/mol. The van der Waals surface area contributed by atoms with E-state index in [0.717, 1.165) is 22.0 Å². The van der Waals surface area contributed by atoms with Gasteiger partial charge in [0.1, 0.15) is 23.9 Å². The van der Waals surface area contributed by atoms with E-state index < -0.39 is 47.9 Å². The number of carboxylic acid groups (broad SMARTS) is 1. The predicted octanol–water partition coefficient (Wildman–Crippen LogP) is 1.11. The summed E-state index contributed by atoms with van der Waals surface area (Å²) >= 11 is 3.97. The van der Waals surface area contributed by atoms with Gasteiger partial charge >= 0.3 is 5.97 Å². The van der Waals surface area contributed by atoms with Crippen molar-refractivity contribution in [3.63, 3.8) is 0 Å². The van der Waals surface area contributed by atoms with Gasteiger partial charge in [0, 0.05) is 29.3 Å². The van der Waals surface area contributed by atoms with Gasteiger partial charge in [-0.1, -0.05) is 44.2 Å². The molecule has 1 aromatic heterocycles. The number of aliphatic carboxylic acids is 1. The number of carbonyl (C=O) groups excluding carboxylic acids is 3. The van der Waals surface area contributed by atoms with Gasteiger partial charge < -0.3 is 36.9 Å². The Bertz CT molecular complexity index is 1340. The van der Waals surface area contributed by atoms with E-state index in [9.17, 15) is 29.4 Å². The number of carboxylic acids is 1. The molecule has 0 saturated carbocycles. The molecule has 4 atom stereocenters. The fourth-order valence-electron chi connectivity index (χ4n) is 4.22. The Kier molecular flexibility index (Phi) is 10.6. The molecule has 214 valence electrons. The number of rotatable bonds is 13. The maximum absolute atomic E-state index is 13.6. The van der Waals surface area contributed by atoms with Crippen molar-refractivity contribution in [2.75, 3.05) is 5.75 Å². The summed E-state index contributed by atoms with van der Waals surface area (Å²) in [7, 11) is 0. The van der Waals surface area contributed by atoms with E-state index >= 15 is 0 Å².